The third kappa shape index (κ3) is 21.9. The first-order valence-electron chi connectivity index (χ1n) is 16.8. The van der Waals surface area contributed by atoms with E-state index in [2.05, 4.69) is 17.2 Å². The van der Waals surface area contributed by atoms with Gasteiger partial charge in [-0.05, 0) is 12.5 Å². The summed E-state index contributed by atoms with van der Waals surface area (Å²) in [5, 5.41) is 40.3. The highest BCUT2D eigenvalue weighted by atomic mass is 19.4. The minimum absolute atomic E-state index is 0.188. The Labute approximate surface area is 285 Å². The number of nitrogens with one attached hydrogen (secondary N) is 1. The number of hydrogen-bond donors (Lipinski definition) is 7. The molecule has 5 atom stereocenters. The number of aliphatic carboxylic acids is 2. The Kier molecular flexibility index (Phi) is 23.5. The van der Waals surface area contributed by atoms with Gasteiger partial charge in [-0.2, -0.15) is 13.2 Å². The molecule has 1 heterocycles. The molecule has 49 heavy (non-hydrogen) atoms. The summed E-state index contributed by atoms with van der Waals surface area (Å²) in [4.78, 5) is 48.3. The van der Waals surface area contributed by atoms with Gasteiger partial charge < -0.3 is 46.7 Å². The van der Waals surface area contributed by atoms with Gasteiger partial charge in [-0.15, -0.1) is 0 Å². The number of rotatable bonds is 23. The molecule has 14 nitrogen and oxygen atoms in total. The van der Waals surface area contributed by atoms with E-state index in [1.54, 1.807) is 0 Å². The molecule has 0 saturated heterocycles. The lowest BCUT2D eigenvalue weighted by atomic mass is 9.92. The number of carboxylic acids is 2. The van der Waals surface area contributed by atoms with Gasteiger partial charge in [-0.3, -0.25) is 9.59 Å². The average molecular weight is 713 g/mol. The van der Waals surface area contributed by atoms with Crippen molar-refractivity contribution in [2.75, 3.05) is 6.61 Å². The predicted molar refractivity (Wildman–Crippen MR) is 174 cm³/mol. The number of hydrogen-bond acceptors (Lipinski definition) is 9. The highest BCUT2D eigenvalue weighted by Crippen LogP contribution is 2.25. The fourth-order valence-corrected chi connectivity index (χ4v) is 5.02. The first kappa shape index (κ1) is 45.4. The van der Waals surface area contributed by atoms with Crippen molar-refractivity contribution in [3.05, 3.63) is 11.8 Å². The molecule has 284 valence electrons. The Morgan fingerprint density at radius 1 is 0.898 bits per heavy atom. The lowest BCUT2D eigenvalue weighted by molar-refractivity contribution is -0.192. The quantitative estimate of drug-likeness (QED) is 0.0347. The number of carbonyl (C=O) groups is 4. The van der Waals surface area contributed by atoms with E-state index < -0.39 is 72.8 Å². The largest absolute Gasteiger partial charge is 0.490 e. The highest BCUT2D eigenvalue weighted by Gasteiger charge is 2.44. The fourth-order valence-electron chi connectivity index (χ4n) is 5.02. The second kappa shape index (κ2) is 25.4. The van der Waals surface area contributed by atoms with Crippen LogP contribution in [0.5, 0.6) is 0 Å². The first-order chi connectivity index (χ1) is 23.0. The van der Waals surface area contributed by atoms with Gasteiger partial charge in [0.05, 0.1) is 12.1 Å². The molecule has 1 amide bonds. The Morgan fingerprint density at radius 3 is 1.73 bits per heavy atom. The third-order valence-electron chi connectivity index (χ3n) is 7.56. The number of aliphatic hydroxyl groups excluding tert-OH is 2. The SMILES string of the molecule is CCCCCCCCCCCCCCCCCC(=O)OCC(O)C(O)[C@@H]1OC(C(=O)O)=CC(N=C(N)N)C1NC(C)=O.O=C(O)C(F)(F)F. The standard InChI is InChI=1S/C30H54N4O8.C2HF3O2/c1-3-4-5-6-7-8-9-10-11-12-13-14-15-16-17-18-25(37)41-20-23(36)27(38)28-26(33-21(2)35)22(34-30(31)32)19-24(42-28)29(39)40;3-2(4,5)1(6)7/h19,22-23,26-28,36,38H,3-18,20H2,1-2H3,(H,33,35)(H,39,40)(H4,31,32,34);(H,6,7)/t22?,23?,26?,27?,28-;/m1./s1. The van der Waals surface area contributed by atoms with Crippen LogP contribution in [-0.2, 0) is 28.7 Å². The Hall–Kier alpha value is -3.60. The van der Waals surface area contributed by atoms with Crippen molar-refractivity contribution >= 4 is 29.8 Å². The minimum Gasteiger partial charge on any atom is -0.478 e. The van der Waals surface area contributed by atoms with Gasteiger partial charge >= 0.3 is 24.1 Å². The van der Waals surface area contributed by atoms with E-state index in [0.717, 1.165) is 25.3 Å². The van der Waals surface area contributed by atoms with Crippen LogP contribution >= 0.6 is 0 Å². The molecule has 0 radical (unpaired) electrons. The maximum Gasteiger partial charge on any atom is 0.490 e. The summed E-state index contributed by atoms with van der Waals surface area (Å²) in [6.45, 7) is 2.92. The van der Waals surface area contributed by atoms with Crippen molar-refractivity contribution in [2.24, 2.45) is 16.5 Å². The number of esters is 1. The highest BCUT2D eigenvalue weighted by molar-refractivity contribution is 5.85. The molecular weight excluding hydrogens is 657 g/mol. The lowest BCUT2D eigenvalue weighted by Gasteiger charge is -2.38. The molecule has 0 saturated carbocycles. The summed E-state index contributed by atoms with van der Waals surface area (Å²) in [5.41, 5.74) is 10.9. The number of carbonyl (C=O) groups excluding carboxylic acids is 2. The van der Waals surface area contributed by atoms with Crippen molar-refractivity contribution in [2.45, 2.75) is 153 Å². The molecule has 0 bridgehead atoms. The number of nitrogens with two attached hydrogens (primary N) is 2. The molecule has 0 aromatic rings. The molecule has 0 fully saturated rings. The molecule has 0 aliphatic carbocycles. The Morgan fingerprint density at radius 2 is 1.35 bits per heavy atom. The van der Waals surface area contributed by atoms with E-state index in [1.165, 1.54) is 77.6 Å². The topological polar surface area (TPSA) is 244 Å². The molecule has 0 aromatic carbocycles. The first-order valence-corrected chi connectivity index (χ1v) is 16.8. The number of halogens is 3. The van der Waals surface area contributed by atoms with Gasteiger partial charge in [0, 0.05) is 13.3 Å². The zero-order valence-corrected chi connectivity index (χ0v) is 28.5. The van der Waals surface area contributed by atoms with E-state index in [9.17, 15) is 42.9 Å². The molecule has 4 unspecified atom stereocenters. The summed E-state index contributed by atoms with van der Waals surface area (Å²) >= 11 is 0. The number of guanidine groups is 1. The van der Waals surface area contributed by atoms with Gasteiger partial charge in [-0.25, -0.2) is 14.6 Å². The van der Waals surface area contributed by atoms with E-state index >= 15 is 0 Å². The second-order valence-electron chi connectivity index (χ2n) is 11.9. The van der Waals surface area contributed by atoms with Crippen LogP contribution < -0.4 is 16.8 Å². The zero-order chi connectivity index (χ0) is 37.4. The summed E-state index contributed by atoms with van der Waals surface area (Å²) in [6.07, 6.45) is 9.66. The van der Waals surface area contributed by atoms with Gasteiger partial charge in [0.25, 0.3) is 0 Å². The second-order valence-corrected chi connectivity index (χ2v) is 11.9. The molecule has 1 aliphatic rings. The maximum atomic E-state index is 12.2. The number of amides is 1. The molecule has 17 heteroatoms. The monoisotopic (exact) mass is 712 g/mol. The van der Waals surface area contributed by atoms with Gasteiger partial charge in [-0.1, -0.05) is 96.8 Å². The van der Waals surface area contributed by atoms with Gasteiger partial charge in [0.2, 0.25) is 11.7 Å². The number of unbranched alkanes of at least 4 members (excludes halogenated alkanes) is 14. The minimum atomic E-state index is -5.08. The third-order valence-corrected chi connectivity index (χ3v) is 7.56. The smallest absolute Gasteiger partial charge is 0.478 e. The molecule has 1 rings (SSSR count). The zero-order valence-electron chi connectivity index (χ0n) is 28.5. The fraction of sp³-hybridized carbons (Fsp3) is 0.781. The molecule has 1 aliphatic heterocycles. The van der Waals surface area contributed by atoms with Crippen LogP contribution in [0.25, 0.3) is 0 Å². The van der Waals surface area contributed by atoms with Crippen LogP contribution in [0.15, 0.2) is 16.8 Å². The van der Waals surface area contributed by atoms with E-state index in [4.69, 9.17) is 30.8 Å². The number of aliphatic hydroxyl groups is 2. The molecule has 9 N–H and O–H groups in total. The summed E-state index contributed by atoms with van der Waals surface area (Å²) in [7, 11) is 0. The van der Waals surface area contributed by atoms with Crippen LogP contribution in [0.4, 0.5) is 13.2 Å². The van der Waals surface area contributed by atoms with Crippen molar-refractivity contribution < 1.29 is 62.2 Å². The van der Waals surface area contributed by atoms with E-state index in [-0.39, 0.29) is 12.4 Å². The van der Waals surface area contributed by atoms with Crippen LogP contribution in [0, 0.1) is 0 Å². The number of nitrogens with zero attached hydrogens (tertiary/aromatic N) is 1. The van der Waals surface area contributed by atoms with Crippen LogP contribution in [-0.4, -0.2) is 93.4 Å². The predicted octanol–water partition coefficient (Wildman–Crippen LogP) is 3.66. The number of carboxylic acid groups (broad SMARTS) is 2. The van der Waals surface area contributed by atoms with E-state index in [0.29, 0.717) is 6.42 Å². The molecular formula is C32H55F3N4O10. The Balaban J connectivity index is 0.00000295. The number of aliphatic imine (C=N–C) groups is 1. The van der Waals surface area contributed by atoms with E-state index in [1.807, 2.05) is 0 Å². The van der Waals surface area contributed by atoms with Crippen LogP contribution in [0.3, 0.4) is 0 Å². The van der Waals surface area contributed by atoms with Crippen LogP contribution in [0.1, 0.15) is 117 Å². The summed E-state index contributed by atoms with van der Waals surface area (Å²) in [5.74, 6) is -6.18. The van der Waals surface area contributed by atoms with Crippen molar-refractivity contribution in [3.8, 4) is 0 Å². The number of ether oxygens (including phenoxy) is 2. The van der Waals surface area contributed by atoms with Gasteiger partial charge in [0.1, 0.15) is 24.9 Å². The Bertz CT molecular complexity index is 1050. The van der Waals surface area contributed by atoms with Gasteiger partial charge in [0.15, 0.2) is 5.96 Å². The summed E-state index contributed by atoms with van der Waals surface area (Å²) < 4.78 is 42.2. The van der Waals surface area contributed by atoms with Crippen molar-refractivity contribution in [1.82, 2.24) is 5.32 Å². The van der Waals surface area contributed by atoms with Crippen molar-refractivity contribution in [3.63, 3.8) is 0 Å². The summed E-state index contributed by atoms with van der Waals surface area (Å²) in [6, 6.07) is -2.19. The maximum absolute atomic E-state index is 12.2. The van der Waals surface area contributed by atoms with Crippen LogP contribution in [0.2, 0.25) is 0 Å². The molecule has 0 spiro atoms. The average Bonchev–Trinajstić information content (AvgIpc) is 3.01. The van der Waals surface area contributed by atoms with Crippen molar-refractivity contribution in [1.29, 1.82) is 0 Å². The number of alkyl halides is 3. The molecule has 0 aromatic heterocycles. The lowest BCUT2D eigenvalue weighted by Crippen LogP contribution is -2.60. The normalized spacial score (nSPS) is 18.4.